The Morgan fingerprint density at radius 3 is 3.00 bits per heavy atom. The average molecular weight is 176 g/mol. The molecule has 0 bridgehead atoms. The molecule has 4 nitrogen and oxygen atoms in total. The van der Waals surface area contributed by atoms with Gasteiger partial charge in [-0.15, -0.1) is 0 Å². The number of aliphatic hydroxyl groups excluding tert-OH is 1. The highest BCUT2D eigenvalue weighted by atomic mass is 16.6. The fraction of sp³-hybridized carbons (Fsp3) is 1.00. The van der Waals surface area contributed by atoms with Crippen LogP contribution >= 0.6 is 0 Å². The summed E-state index contributed by atoms with van der Waals surface area (Å²) in [6.07, 6.45) is 0.182. The molecule has 0 radical (unpaired) electrons. The topological polar surface area (TPSA) is 47.9 Å². The summed E-state index contributed by atoms with van der Waals surface area (Å²) >= 11 is 0. The third-order valence-electron chi connectivity index (χ3n) is 1.62. The summed E-state index contributed by atoms with van der Waals surface area (Å²) in [5.41, 5.74) is 0. The van der Waals surface area contributed by atoms with Gasteiger partial charge in [-0.05, 0) is 6.92 Å². The van der Waals surface area contributed by atoms with E-state index in [0.717, 1.165) is 0 Å². The maximum Gasteiger partial charge on any atom is 0.105 e. The fourth-order valence-corrected chi connectivity index (χ4v) is 1.14. The Bertz CT molecular complexity index is 118. The Labute approximate surface area is 72.4 Å². The van der Waals surface area contributed by atoms with Crippen LogP contribution < -0.4 is 0 Å². The van der Waals surface area contributed by atoms with Crippen molar-refractivity contribution in [3.8, 4) is 0 Å². The van der Waals surface area contributed by atoms with E-state index in [1.807, 2.05) is 6.92 Å². The molecular formula is C8H16O4. The van der Waals surface area contributed by atoms with Crippen LogP contribution in [0, 0.1) is 0 Å². The molecule has 0 aromatic rings. The molecule has 0 aromatic heterocycles. The molecule has 0 aromatic carbocycles. The molecule has 1 heterocycles. The van der Waals surface area contributed by atoms with Crippen molar-refractivity contribution < 1.29 is 19.3 Å². The fourth-order valence-electron chi connectivity index (χ4n) is 1.14. The summed E-state index contributed by atoms with van der Waals surface area (Å²) in [6, 6.07) is 0. The lowest BCUT2D eigenvalue weighted by Gasteiger charge is -2.27. The van der Waals surface area contributed by atoms with E-state index >= 15 is 0 Å². The maximum atomic E-state index is 8.45. The van der Waals surface area contributed by atoms with E-state index in [4.69, 9.17) is 19.3 Å². The summed E-state index contributed by atoms with van der Waals surface area (Å²) < 4.78 is 15.9. The van der Waals surface area contributed by atoms with E-state index in [1.54, 1.807) is 0 Å². The molecule has 1 aliphatic rings. The lowest BCUT2D eigenvalue weighted by Crippen LogP contribution is -2.37. The van der Waals surface area contributed by atoms with Gasteiger partial charge in [-0.2, -0.15) is 0 Å². The number of hydrogen-bond donors (Lipinski definition) is 1. The Hall–Kier alpha value is -0.160. The largest absolute Gasteiger partial charge is 0.394 e. The van der Waals surface area contributed by atoms with Crippen molar-refractivity contribution in [2.45, 2.75) is 19.1 Å². The molecule has 1 fully saturated rings. The zero-order valence-corrected chi connectivity index (χ0v) is 7.36. The maximum absolute atomic E-state index is 8.45. The Kier molecular flexibility index (Phi) is 4.53. The second-order valence-electron chi connectivity index (χ2n) is 2.90. The van der Waals surface area contributed by atoms with Crippen molar-refractivity contribution in [1.29, 1.82) is 0 Å². The van der Waals surface area contributed by atoms with Gasteiger partial charge in [0.15, 0.2) is 0 Å². The Morgan fingerprint density at radius 1 is 1.50 bits per heavy atom. The molecule has 2 unspecified atom stereocenters. The molecule has 0 spiro atoms. The van der Waals surface area contributed by atoms with Crippen molar-refractivity contribution in [2.75, 3.05) is 33.0 Å². The summed E-state index contributed by atoms with van der Waals surface area (Å²) in [4.78, 5) is 0. The van der Waals surface area contributed by atoms with Crippen LogP contribution in [0.3, 0.4) is 0 Å². The van der Waals surface area contributed by atoms with E-state index in [-0.39, 0.29) is 18.8 Å². The van der Waals surface area contributed by atoms with Crippen molar-refractivity contribution in [1.82, 2.24) is 0 Å². The minimum absolute atomic E-state index is 0.0281. The zero-order valence-electron chi connectivity index (χ0n) is 7.36. The Balaban J connectivity index is 2.06. The minimum Gasteiger partial charge on any atom is -0.394 e. The molecule has 72 valence electrons. The molecule has 1 rings (SSSR count). The highest BCUT2D eigenvalue weighted by molar-refractivity contribution is 4.64. The second-order valence-corrected chi connectivity index (χ2v) is 2.90. The van der Waals surface area contributed by atoms with E-state index in [2.05, 4.69) is 0 Å². The van der Waals surface area contributed by atoms with Crippen molar-refractivity contribution in [2.24, 2.45) is 0 Å². The summed E-state index contributed by atoms with van der Waals surface area (Å²) in [7, 11) is 0. The SMILES string of the molecule is CC1COCC(COCCO)O1. The second kappa shape index (κ2) is 5.48. The average Bonchev–Trinajstić information content (AvgIpc) is 2.05. The first-order valence-electron chi connectivity index (χ1n) is 4.24. The van der Waals surface area contributed by atoms with Gasteiger partial charge in [0.25, 0.3) is 0 Å². The van der Waals surface area contributed by atoms with E-state index < -0.39 is 0 Å². The molecular weight excluding hydrogens is 160 g/mol. The van der Waals surface area contributed by atoms with Crippen LogP contribution in [-0.2, 0) is 14.2 Å². The minimum atomic E-state index is 0.0281. The van der Waals surface area contributed by atoms with Gasteiger partial charge in [0.1, 0.15) is 6.10 Å². The molecule has 4 heteroatoms. The van der Waals surface area contributed by atoms with E-state index in [9.17, 15) is 0 Å². The number of aliphatic hydroxyl groups is 1. The molecule has 0 aliphatic carbocycles. The highest BCUT2D eigenvalue weighted by Gasteiger charge is 2.19. The van der Waals surface area contributed by atoms with Crippen LogP contribution in [0.25, 0.3) is 0 Å². The molecule has 1 aliphatic heterocycles. The molecule has 2 atom stereocenters. The van der Waals surface area contributed by atoms with E-state index in [1.165, 1.54) is 0 Å². The van der Waals surface area contributed by atoms with Crippen molar-refractivity contribution in [3.63, 3.8) is 0 Å². The first-order valence-corrected chi connectivity index (χ1v) is 4.24. The predicted molar refractivity (Wildman–Crippen MR) is 43.1 cm³/mol. The van der Waals surface area contributed by atoms with Crippen LogP contribution in [0.2, 0.25) is 0 Å². The lowest BCUT2D eigenvalue weighted by molar-refractivity contribution is -0.151. The zero-order chi connectivity index (χ0) is 8.81. The third-order valence-corrected chi connectivity index (χ3v) is 1.62. The van der Waals surface area contributed by atoms with Crippen molar-refractivity contribution >= 4 is 0 Å². The standard InChI is InChI=1S/C8H16O4/c1-7-4-11-6-8(12-7)5-10-3-2-9/h7-9H,2-6H2,1H3. The van der Waals surface area contributed by atoms with Gasteiger partial charge < -0.3 is 19.3 Å². The van der Waals surface area contributed by atoms with Crippen LogP contribution in [-0.4, -0.2) is 50.3 Å². The molecule has 1 saturated heterocycles. The van der Waals surface area contributed by atoms with Gasteiger partial charge in [-0.1, -0.05) is 0 Å². The first kappa shape index (κ1) is 9.92. The monoisotopic (exact) mass is 176 g/mol. The van der Waals surface area contributed by atoms with Crippen molar-refractivity contribution in [3.05, 3.63) is 0 Å². The van der Waals surface area contributed by atoms with Gasteiger partial charge in [0.2, 0.25) is 0 Å². The molecule has 0 amide bonds. The quantitative estimate of drug-likeness (QED) is 0.603. The van der Waals surface area contributed by atoms with Gasteiger partial charge in [-0.3, -0.25) is 0 Å². The number of rotatable bonds is 4. The molecule has 12 heavy (non-hydrogen) atoms. The first-order chi connectivity index (χ1) is 5.83. The number of ether oxygens (including phenoxy) is 3. The van der Waals surface area contributed by atoms with E-state index in [0.29, 0.717) is 26.4 Å². The normalized spacial score (nSPS) is 30.5. The van der Waals surface area contributed by atoms with Gasteiger partial charge in [-0.25, -0.2) is 0 Å². The van der Waals surface area contributed by atoms with Crippen LogP contribution in [0.4, 0.5) is 0 Å². The van der Waals surface area contributed by atoms with Gasteiger partial charge >= 0.3 is 0 Å². The van der Waals surface area contributed by atoms with Crippen LogP contribution in [0.1, 0.15) is 6.92 Å². The molecule has 1 N–H and O–H groups in total. The van der Waals surface area contributed by atoms with Gasteiger partial charge in [0.05, 0.1) is 39.1 Å². The van der Waals surface area contributed by atoms with Gasteiger partial charge in [0, 0.05) is 0 Å². The summed E-state index contributed by atoms with van der Waals surface area (Å²) in [6.45, 7) is 4.16. The summed E-state index contributed by atoms with van der Waals surface area (Å²) in [5, 5.41) is 8.45. The lowest BCUT2D eigenvalue weighted by atomic mass is 10.3. The molecule has 0 saturated carbocycles. The smallest absolute Gasteiger partial charge is 0.105 e. The highest BCUT2D eigenvalue weighted by Crippen LogP contribution is 2.07. The van der Waals surface area contributed by atoms with Crippen LogP contribution in [0.5, 0.6) is 0 Å². The van der Waals surface area contributed by atoms with Crippen LogP contribution in [0.15, 0.2) is 0 Å². The third kappa shape index (κ3) is 3.49. The Morgan fingerprint density at radius 2 is 2.33 bits per heavy atom. The predicted octanol–water partition coefficient (Wildman–Crippen LogP) is -0.201. The number of hydrogen-bond acceptors (Lipinski definition) is 4. The summed E-state index contributed by atoms with van der Waals surface area (Å²) in [5.74, 6) is 0.